The maximum Gasteiger partial charge on any atom is 0.224 e. The Morgan fingerprint density at radius 1 is 1.00 bits per heavy atom. The van der Waals surface area contributed by atoms with Crippen molar-refractivity contribution in [3.05, 3.63) is 60.2 Å². The van der Waals surface area contributed by atoms with E-state index in [9.17, 15) is 4.79 Å². The van der Waals surface area contributed by atoms with Crippen LogP contribution in [0.1, 0.15) is 50.6 Å². The van der Waals surface area contributed by atoms with Crippen molar-refractivity contribution in [2.75, 3.05) is 10.6 Å². The first-order chi connectivity index (χ1) is 13.2. The maximum atomic E-state index is 12.4. The maximum absolute atomic E-state index is 12.4. The number of hydrogen-bond donors (Lipinski definition) is 3. The Morgan fingerprint density at radius 3 is 2.25 bits per heavy atom. The summed E-state index contributed by atoms with van der Waals surface area (Å²) in [6.45, 7) is 2.15. The average molecular weight is 400 g/mol. The molecule has 3 atom stereocenters. The molecular weight excluding hydrogens is 370 g/mol. The van der Waals surface area contributed by atoms with Crippen LogP contribution in [0, 0.1) is 5.92 Å². The van der Waals surface area contributed by atoms with E-state index in [-0.39, 0.29) is 24.4 Å². The number of halogens is 1. The molecule has 0 aliphatic carbocycles. The van der Waals surface area contributed by atoms with Gasteiger partial charge in [0.2, 0.25) is 5.91 Å². The van der Waals surface area contributed by atoms with Crippen molar-refractivity contribution in [3.63, 3.8) is 0 Å². The highest BCUT2D eigenvalue weighted by Crippen LogP contribution is 2.32. The topological polar surface area (TPSA) is 53.2 Å². The minimum absolute atomic E-state index is 0. The van der Waals surface area contributed by atoms with Gasteiger partial charge in [0.15, 0.2) is 0 Å². The van der Waals surface area contributed by atoms with Gasteiger partial charge in [0, 0.05) is 35.9 Å². The lowest BCUT2D eigenvalue weighted by Gasteiger charge is -2.28. The number of hydrogen-bond acceptors (Lipinski definition) is 3. The van der Waals surface area contributed by atoms with E-state index in [1.165, 1.54) is 18.4 Å². The molecule has 150 valence electrons. The Labute approximate surface area is 173 Å². The lowest BCUT2D eigenvalue weighted by molar-refractivity contribution is -0.117. The van der Waals surface area contributed by atoms with Crippen LogP contribution in [0.3, 0.4) is 0 Å². The first kappa shape index (κ1) is 20.7. The minimum Gasteiger partial charge on any atom is -0.379 e. The number of carbonyl (C=O) groups is 1. The summed E-state index contributed by atoms with van der Waals surface area (Å²) in [7, 11) is 0. The van der Waals surface area contributed by atoms with Gasteiger partial charge in [-0.05, 0) is 68.4 Å². The van der Waals surface area contributed by atoms with Crippen LogP contribution in [-0.2, 0) is 4.79 Å². The molecule has 0 aromatic heterocycles. The van der Waals surface area contributed by atoms with E-state index in [1.54, 1.807) is 0 Å². The predicted molar refractivity (Wildman–Crippen MR) is 118 cm³/mol. The quantitative estimate of drug-likeness (QED) is 0.630. The molecule has 0 saturated carbocycles. The Morgan fingerprint density at radius 2 is 1.61 bits per heavy atom. The fraction of sp³-hybridized carbons (Fsp3) is 0.435. The normalized spacial score (nSPS) is 24.1. The number of nitrogens with one attached hydrogen (secondary N) is 3. The van der Waals surface area contributed by atoms with Crippen LogP contribution in [-0.4, -0.2) is 18.0 Å². The summed E-state index contributed by atoms with van der Waals surface area (Å²) in [5, 5.41) is 10.2. The summed E-state index contributed by atoms with van der Waals surface area (Å²) in [4.78, 5) is 12.4. The van der Waals surface area contributed by atoms with Crippen molar-refractivity contribution in [2.45, 2.75) is 57.2 Å². The highest BCUT2D eigenvalue weighted by molar-refractivity contribution is 5.91. The molecule has 5 heteroatoms. The molecule has 2 saturated heterocycles. The van der Waals surface area contributed by atoms with Crippen molar-refractivity contribution in [3.8, 4) is 0 Å². The van der Waals surface area contributed by atoms with Crippen LogP contribution in [0.25, 0.3) is 0 Å². The number of carbonyl (C=O) groups excluding carboxylic acids is 1. The molecule has 4 rings (SSSR count). The zero-order chi connectivity index (χ0) is 18.6. The monoisotopic (exact) mass is 399 g/mol. The summed E-state index contributed by atoms with van der Waals surface area (Å²) in [6.07, 6.45) is 5.48. The van der Waals surface area contributed by atoms with E-state index in [0.717, 1.165) is 24.2 Å². The Balaban J connectivity index is 0.00000225. The first-order valence-electron chi connectivity index (χ1n) is 10.1. The van der Waals surface area contributed by atoms with Crippen LogP contribution in [0.4, 0.5) is 11.4 Å². The molecule has 3 unspecified atom stereocenters. The lowest BCUT2D eigenvalue weighted by atomic mass is 9.89. The molecule has 2 bridgehead atoms. The van der Waals surface area contributed by atoms with Crippen LogP contribution < -0.4 is 16.0 Å². The molecule has 2 aliphatic heterocycles. The zero-order valence-electron chi connectivity index (χ0n) is 16.4. The summed E-state index contributed by atoms with van der Waals surface area (Å²) in [5.74, 6) is 0.663. The van der Waals surface area contributed by atoms with Crippen molar-refractivity contribution in [1.82, 2.24) is 5.32 Å². The number of rotatable bonds is 6. The van der Waals surface area contributed by atoms with Gasteiger partial charge >= 0.3 is 0 Å². The molecule has 1 amide bonds. The van der Waals surface area contributed by atoms with Crippen molar-refractivity contribution < 1.29 is 4.79 Å². The number of benzene rings is 2. The second-order valence-electron chi connectivity index (χ2n) is 8.08. The van der Waals surface area contributed by atoms with Gasteiger partial charge in [0.25, 0.3) is 0 Å². The summed E-state index contributed by atoms with van der Waals surface area (Å²) in [6, 6.07) is 19.9. The Bertz CT molecular complexity index is 753. The highest BCUT2D eigenvalue weighted by Gasteiger charge is 2.34. The van der Waals surface area contributed by atoms with Gasteiger partial charge in [-0.25, -0.2) is 0 Å². The number of anilines is 2. The van der Waals surface area contributed by atoms with E-state index in [2.05, 4.69) is 47.1 Å². The number of fused-ring (bicyclic) bond motifs is 2. The molecule has 3 N–H and O–H groups in total. The smallest absolute Gasteiger partial charge is 0.224 e. The second kappa shape index (κ2) is 9.44. The van der Waals surface area contributed by atoms with Gasteiger partial charge in [-0.15, -0.1) is 12.4 Å². The van der Waals surface area contributed by atoms with E-state index < -0.39 is 0 Å². The first-order valence-corrected chi connectivity index (χ1v) is 10.1. The van der Waals surface area contributed by atoms with Gasteiger partial charge in [-0.3, -0.25) is 4.79 Å². The molecule has 2 aromatic carbocycles. The molecule has 2 heterocycles. The second-order valence-corrected chi connectivity index (χ2v) is 8.08. The summed E-state index contributed by atoms with van der Waals surface area (Å²) >= 11 is 0. The molecule has 0 radical (unpaired) electrons. The van der Waals surface area contributed by atoms with E-state index >= 15 is 0 Å². The molecule has 0 spiro atoms. The fourth-order valence-corrected chi connectivity index (χ4v) is 4.54. The van der Waals surface area contributed by atoms with E-state index in [4.69, 9.17) is 0 Å². The fourth-order valence-electron chi connectivity index (χ4n) is 4.54. The SMILES string of the molecule is CC(Nc1ccc(NC(=O)CC2CC3CCC(C2)N3)cc1)c1ccccc1.Cl. The van der Waals surface area contributed by atoms with Gasteiger partial charge in [-0.2, -0.15) is 0 Å². The van der Waals surface area contributed by atoms with Crippen LogP contribution in [0.15, 0.2) is 54.6 Å². The Kier molecular flexibility index (Phi) is 6.97. The van der Waals surface area contributed by atoms with E-state index in [1.807, 2.05) is 30.3 Å². The predicted octanol–water partition coefficient (Wildman–Crippen LogP) is 5.14. The molecule has 2 aliphatic rings. The highest BCUT2D eigenvalue weighted by atomic mass is 35.5. The average Bonchev–Trinajstić information content (AvgIpc) is 3.02. The van der Waals surface area contributed by atoms with Crippen LogP contribution in [0.5, 0.6) is 0 Å². The minimum atomic E-state index is 0. The molecule has 4 nitrogen and oxygen atoms in total. The van der Waals surface area contributed by atoms with Crippen LogP contribution in [0.2, 0.25) is 0 Å². The third-order valence-corrected chi connectivity index (χ3v) is 5.90. The zero-order valence-corrected chi connectivity index (χ0v) is 17.2. The Hall–Kier alpha value is -2.04. The summed E-state index contributed by atoms with van der Waals surface area (Å²) in [5.41, 5.74) is 3.18. The third-order valence-electron chi connectivity index (χ3n) is 5.90. The standard InChI is InChI=1S/C23H29N3O.ClH/c1-16(18-5-3-2-4-6-18)24-19-7-9-20(10-8-19)26-23(27)15-17-13-21-11-12-22(14-17)25-21;/h2-10,16-17,21-22,24-25H,11-15H2,1H3,(H,26,27);1H. The van der Waals surface area contributed by atoms with Crippen molar-refractivity contribution in [2.24, 2.45) is 5.92 Å². The summed E-state index contributed by atoms with van der Waals surface area (Å²) < 4.78 is 0. The van der Waals surface area contributed by atoms with Gasteiger partial charge in [-0.1, -0.05) is 30.3 Å². The van der Waals surface area contributed by atoms with Crippen molar-refractivity contribution >= 4 is 29.7 Å². The molecular formula is C23H30ClN3O. The van der Waals surface area contributed by atoms with E-state index in [0.29, 0.717) is 24.4 Å². The molecule has 2 fully saturated rings. The number of piperidine rings is 1. The van der Waals surface area contributed by atoms with Gasteiger partial charge in [0.05, 0.1) is 0 Å². The van der Waals surface area contributed by atoms with Gasteiger partial charge in [0.1, 0.15) is 0 Å². The molecule has 2 aromatic rings. The largest absolute Gasteiger partial charge is 0.379 e. The van der Waals surface area contributed by atoms with Crippen LogP contribution >= 0.6 is 12.4 Å². The number of amides is 1. The van der Waals surface area contributed by atoms with Gasteiger partial charge < -0.3 is 16.0 Å². The van der Waals surface area contributed by atoms with Crippen molar-refractivity contribution in [1.29, 1.82) is 0 Å². The third kappa shape index (κ3) is 5.27. The lowest BCUT2D eigenvalue weighted by Crippen LogP contribution is -2.39. The molecule has 28 heavy (non-hydrogen) atoms.